The van der Waals surface area contributed by atoms with Crippen LogP contribution in [0, 0.1) is 0 Å². The van der Waals surface area contributed by atoms with Gasteiger partial charge in [0.1, 0.15) is 5.75 Å². The number of ether oxygens (including phenoxy) is 1. The highest BCUT2D eigenvalue weighted by Crippen LogP contribution is 2.23. The Bertz CT molecular complexity index is 971. The first-order valence-electron chi connectivity index (χ1n) is 9.66. The number of methoxy groups -OCH3 is 1. The van der Waals surface area contributed by atoms with Gasteiger partial charge in [-0.05, 0) is 30.0 Å². The maximum Gasteiger partial charge on any atom is 0.248 e. The van der Waals surface area contributed by atoms with Crippen molar-refractivity contribution in [3.63, 3.8) is 0 Å². The molecule has 0 aliphatic heterocycles. The minimum Gasteiger partial charge on any atom is -0.495 e. The van der Waals surface area contributed by atoms with E-state index >= 15 is 0 Å². The van der Waals surface area contributed by atoms with Crippen LogP contribution >= 0.6 is 11.3 Å². The molecule has 2 amide bonds. The highest BCUT2D eigenvalue weighted by Gasteiger charge is 2.19. The van der Waals surface area contributed by atoms with E-state index in [-0.39, 0.29) is 24.8 Å². The van der Waals surface area contributed by atoms with Gasteiger partial charge in [-0.15, -0.1) is 10.2 Å². The van der Waals surface area contributed by atoms with Crippen LogP contribution in [0.25, 0.3) is 11.5 Å². The average molecular weight is 429 g/mol. The minimum atomic E-state index is -0.279. The number of hydrogen-bond acceptors (Lipinski definition) is 7. The summed E-state index contributed by atoms with van der Waals surface area (Å²) in [6, 6.07) is 9.05. The van der Waals surface area contributed by atoms with Gasteiger partial charge in [-0.3, -0.25) is 9.59 Å². The molecular weight excluding hydrogens is 404 g/mol. The molecule has 1 aromatic carbocycles. The van der Waals surface area contributed by atoms with Crippen LogP contribution in [0.3, 0.4) is 0 Å². The third-order valence-corrected chi connectivity index (χ3v) is 5.03. The Morgan fingerprint density at radius 2 is 2.07 bits per heavy atom. The van der Waals surface area contributed by atoms with Gasteiger partial charge in [-0.2, -0.15) is 11.3 Å². The smallest absolute Gasteiger partial charge is 0.248 e. The lowest BCUT2D eigenvalue weighted by Crippen LogP contribution is -2.38. The van der Waals surface area contributed by atoms with Crippen molar-refractivity contribution in [2.45, 2.75) is 26.2 Å². The molecule has 0 bridgehead atoms. The number of para-hydroxylation sites is 2. The van der Waals surface area contributed by atoms with E-state index in [1.165, 1.54) is 0 Å². The van der Waals surface area contributed by atoms with Crippen molar-refractivity contribution in [2.24, 2.45) is 0 Å². The van der Waals surface area contributed by atoms with Crippen LogP contribution in [0.5, 0.6) is 5.75 Å². The summed E-state index contributed by atoms with van der Waals surface area (Å²) in [5.74, 6) is 0.998. The zero-order valence-electron chi connectivity index (χ0n) is 17.0. The van der Waals surface area contributed by atoms with E-state index in [2.05, 4.69) is 15.5 Å². The highest BCUT2D eigenvalue weighted by molar-refractivity contribution is 7.08. The standard InChI is InChI=1S/C21H24N4O4S/c1-3-11-25(13-18(26)22-16-6-4-5-7-17(16)28-2)20(27)9-8-19-23-24-21(29-19)15-10-12-30-14-15/h4-7,10,12,14H,3,8-9,11,13H2,1-2H3,(H,22,26). The van der Waals surface area contributed by atoms with Crippen molar-refractivity contribution < 1.29 is 18.7 Å². The van der Waals surface area contributed by atoms with E-state index in [1.807, 2.05) is 35.9 Å². The summed E-state index contributed by atoms with van der Waals surface area (Å²) in [6.45, 7) is 2.42. The summed E-state index contributed by atoms with van der Waals surface area (Å²) >= 11 is 1.55. The van der Waals surface area contributed by atoms with Gasteiger partial charge in [0.25, 0.3) is 0 Å². The number of aromatic nitrogens is 2. The van der Waals surface area contributed by atoms with E-state index in [9.17, 15) is 9.59 Å². The number of rotatable bonds is 10. The molecule has 0 saturated carbocycles. The van der Waals surface area contributed by atoms with Crippen LogP contribution in [0.2, 0.25) is 0 Å². The van der Waals surface area contributed by atoms with Crippen LogP contribution < -0.4 is 10.1 Å². The van der Waals surface area contributed by atoms with Crippen molar-refractivity contribution in [1.82, 2.24) is 15.1 Å². The van der Waals surface area contributed by atoms with Gasteiger partial charge in [0.05, 0.1) is 19.3 Å². The molecule has 0 spiro atoms. The molecule has 0 fully saturated rings. The van der Waals surface area contributed by atoms with Gasteiger partial charge >= 0.3 is 0 Å². The molecule has 158 valence electrons. The van der Waals surface area contributed by atoms with Crippen LogP contribution in [-0.2, 0) is 16.0 Å². The van der Waals surface area contributed by atoms with Gasteiger partial charge in [0.2, 0.25) is 23.6 Å². The van der Waals surface area contributed by atoms with Crippen molar-refractivity contribution in [1.29, 1.82) is 0 Å². The molecule has 2 aromatic heterocycles. The van der Waals surface area contributed by atoms with E-state index in [0.29, 0.717) is 36.2 Å². The molecular formula is C21H24N4O4S. The first-order chi connectivity index (χ1) is 14.6. The van der Waals surface area contributed by atoms with Crippen molar-refractivity contribution in [3.05, 3.63) is 47.0 Å². The fourth-order valence-electron chi connectivity index (χ4n) is 2.90. The molecule has 3 aromatic rings. The summed E-state index contributed by atoms with van der Waals surface area (Å²) in [6.07, 6.45) is 1.26. The highest BCUT2D eigenvalue weighted by atomic mass is 32.1. The fourth-order valence-corrected chi connectivity index (χ4v) is 3.53. The SMILES string of the molecule is CCCN(CC(=O)Nc1ccccc1OC)C(=O)CCc1nnc(-c2ccsc2)o1. The third-order valence-electron chi connectivity index (χ3n) is 4.35. The summed E-state index contributed by atoms with van der Waals surface area (Å²) in [4.78, 5) is 26.7. The normalized spacial score (nSPS) is 10.6. The Morgan fingerprint density at radius 3 is 2.80 bits per heavy atom. The number of aryl methyl sites for hydroxylation is 1. The largest absolute Gasteiger partial charge is 0.495 e. The first kappa shape index (κ1) is 21.5. The van der Waals surface area contributed by atoms with E-state index in [4.69, 9.17) is 9.15 Å². The number of thiophene rings is 1. The van der Waals surface area contributed by atoms with Crippen molar-refractivity contribution in [3.8, 4) is 17.2 Å². The summed E-state index contributed by atoms with van der Waals surface area (Å²) in [7, 11) is 1.54. The number of carbonyl (C=O) groups is 2. The Labute approximate surface area is 178 Å². The fraction of sp³-hybridized carbons (Fsp3) is 0.333. The van der Waals surface area contributed by atoms with Gasteiger partial charge in [0.15, 0.2) is 0 Å². The summed E-state index contributed by atoms with van der Waals surface area (Å²) < 4.78 is 10.9. The molecule has 9 heteroatoms. The molecule has 1 N–H and O–H groups in total. The molecule has 0 unspecified atom stereocenters. The molecule has 0 aliphatic rings. The Morgan fingerprint density at radius 1 is 1.23 bits per heavy atom. The maximum absolute atomic E-state index is 12.7. The lowest BCUT2D eigenvalue weighted by Gasteiger charge is -2.21. The van der Waals surface area contributed by atoms with Crippen LogP contribution in [0.15, 0.2) is 45.5 Å². The number of nitrogens with zero attached hydrogens (tertiary/aromatic N) is 3. The zero-order valence-corrected chi connectivity index (χ0v) is 17.8. The molecule has 0 radical (unpaired) electrons. The quantitative estimate of drug-likeness (QED) is 0.530. The summed E-state index contributed by atoms with van der Waals surface area (Å²) in [5.41, 5.74) is 1.44. The van der Waals surface area contributed by atoms with Crippen molar-refractivity contribution >= 4 is 28.8 Å². The lowest BCUT2D eigenvalue weighted by atomic mass is 10.2. The number of nitrogens with one attached hydrogen (secondary N) is 1. The molecule has 2 heterocycles. The van der Waals surface area contributed by atoms with Gasteiger partial charge in [0, 0.05) is 30.3 Å². The number of amides is 2. The second kappa shape index (κ2) is 10.5. The molecule has 0 saturated heterocycles. The number of anilines is 1. The third kappa shape index (κ3) is 5.66. The Balaban J connectivity index is 1.55. The number of hydrogen-bond donors (Lipinski definition) is 1. The molecule has 8 nitrogen and oxygen atoms in total. The monoisotopic (exact) mass is 428 g/mol. The van der Waals surface area contributed by atoms with E-state index in [1.54, 1.807) is 35.5 Å². The average Bonchev–Trinajstić information content (AvgIpc) is 3.44. The molecule has 0 aliphatic carbocycles. The predicted octanol–water partition coefficient (Wildman–Crippen LogP) is 3.62. The lowest BCUT2D eigenvalue weighted by molar-refractivity contribution is -0.134. The van der Waals surface area contributed by atoms with Crippen LogP contribution in [-0.4, -0.2) is 47.1 Å². The topological polar surface area (TPSA) is 97.6 Å². The zero-order chi connectivity index (χ0) is 21.3. The van der Waals surface area contributed by atoms with Gasteiger partial charge < -0.3 is 19.4 Å². The van der Waals surface area contributed by atoms with Gasteiger partial charge in [-0.25, -0.2) is 0 Å². The number of benzene rings is 1. The second-order valence-electron chi connectivity index (χ2n) is 6.58. The Hall–Kier alpha value is -3.20. The molecule has 30 heavy (non-hydrogen) atoms. The van der Waals surface area contributed by atoms with E-state index in [0.717, 1.165) is 12.0 Å². The first-order valence-corrected chi connectivity index (χ1v) is 10.6. The second-order valence-corrected chi connectivity index (χ2v) is 7.36. The molecule has 3 rings (SSSR count). The van der Waals surface area contributed by atoms with Crippen molar-refractivity contribution in [2.75, 3.05) is 25.5 Å². The van der Waals surface area contributed by atoms with E-state index < -0.39 is 0 Å². The number of carbonyl (C=O) groups excluding carboxylic acids is 2. The maximum atomic E-state index is 12.7. The van der Waals surface area contributed by atoms with Gasteiger partial charge in [-0.1, -0.05) is 19.1 Å². The van der Waals surface area contributed by atoms with Crippen LogP contribution in [0.1, 0.15) is 25.7 Å². The molecule has 0 atom stereocenters. The minimum absolute atomic E-state index is 0.0330. The van der Waals surface area contributed by atoms with Crippen LogP contribution in [0.4, 0.5) is 5.69 Å². The summed E-state index contributed by atoms with van der Waals surface area (Å²) in [5, 5.41) is 14.7. The Kier molecular flexibility index (Phi) is 7.56. The predicted molar refractivity (Wildman–Crippen MR) is 114 cm³/mol.